The third kappa shape index (κ3) is 6.70. The van der Waals surface area contributed by atoms with E-state index in [0.29, 0.717) is 31.7 Å². The van der Waals surface area contributed by atoms with Gasteiger partial charge in [-0.05, 0) is 30.5 Å². The molecule has 11 heteroatoms. The molecule has 10 nitrogen and oxygen atoms in total. The molecule has 0 aliphatic carbocycles. The Hall–Kier alpha value is -3.65. The number of piperidine rings is 1. The van der Waals surface area contributed by atoms with Crippen molar-refractivity contribution in [2.24, 2.45) is 15.9 Å². The summed E-state index contributed by atoms with van der Waals surface area (Å²) >= 11 is 0. The standard InChI is InChI=1S/C24H28BN7O3/c25-19-12-30-24-21(28-11-17-3-1-5-27-10-17)9-20(29-13-22(19)31-24)18-4-2-6-32(14-18)23(33)15-34-7-8-35-16-26/h1,3,5,9-10,12,18,24,28,31H,2,4,6-8,11,13-15H2. The summed E-state index contributed by atoms with van der Waals surface area (Å²) in [4.78, 5) is 28.1. The van der Waals surface area contributed by atoms with Gasteiger partial charge in [-0.2, -0.15) is 5.26 Å². The predicted molar refractivity (Wildman–Crippen MR) is 131 cm³/mol. The van der Waals surface area contributed by atoms with E-state index in [-0.39, 0.29) is 37.8 Å². The highest BCUT2D eigenvalue weighted by molar-refractivity contribution is 6.33. The van der Waals surface area contributed by atoms with E-state index in [1.54, 1.807) is 18.7 Å². The first kappa shape index (κ1) is 24.5. The summed E-state index contributed by atoms with van der Waals surface area (Å²) in [5.74, 6) is 0.0153. The highest BCUT2D eigenvalue weighted by Gasteiger charge is 2.29. The van der Waals surface area contributed by atoms with E-state index in [2.05, 4.69) is 31.4 Å². The summed E-state index contributed by atoms with van der Waals surface area (Å²) in [7, 11) is 6.14. The predicted octanol–water partition coefficient (Wildman–Crippen LogP) is 0.643. The molecule has 0 aromatic carbocycles. The van der Waals surface area contributed by atoms with Gasteiger partial charge in [-0.3, -0.25) is 19.8 Å². The van der Waals surface area contributed by atoms with Crippen LogP contribution in [0.2, 0.25) is 0 Å². The number of fused-ring (bicyclic) bond motifs is 2. The molecule has 35 heavy (non-hydrogen) atoms. The van der Waals surface area contributed by atoms with Crippen molar-refractivity contribution in [3.05, 3.63) is 53.0 Å². The zero-order valence-electron chi connectivity index (χ0n) is 19.5. The van der Waals surface area contributed by atoms with Crippen LogP contribution < -0.4 is 10.6 Å². The molecule has 1 aromatic heterocycles. The first-order chi connectivity index (χ1) is 17.1. The molecule has 4 heterocycles. The molecule has 2 unspecified atom stereocenters. The number of likely N-dealkylation sites (tertiary alicyclic amines) is 1. The number of nitrogens with one attached hydrogen (secondary N) is 2. The van der Waals surface area contributed by atoms with Gasteiger partial charge in [-0.1, -0.05) is 11.5 Å². The summed E-state index contributed by atoms with van der Waals surface area (Å²) in [5, 5.41) is 15.3. The van der Waals surface area contributed by atoms with Crippen LogP contribution in [0.3, 0.4) is 0 Å². The lowest BCUT2D eigenvalue weighted by atomic mass is 9.90. The monoisotopic (exact) mass is 473 g/mol. The lowest BCUT2D eigenvalue weighted by molar-refractivity contribution is -0.137. The fraction of sp³-hybridized carbons (Fsp3) is 0.458. The van der Waals surface area contributed by atoms with Crippen molar-refractivity contribution in [3.8, 4) is 6.26 Å². The van der Waals surface area contributed by atoms with Crippen LogP contribution in [0.4, 0.5) is 0 Å². The molecular formula is C24H28BN7O3. The number of hydrogen-bond donors (Lipinski definition) is 2. The number of nitriles is 1. The van der Waals surface area contributed by atoms with Gasteiger partial charge in [-0.15, -0.1) is 0 Å². The Bertz CT molecular complexity index is 1060. The number of allylic oxidation sites excluding steroid dienone is 2. The summed E-state index contributed by atoms with van der Waals surface area (Å²) in [6, 6.07) is 3.92. The van der Waals surface area contributed by atoms with E-state index in [4.69, 9.17) is 22.8 Å². The second-order valence-electron chi connectivity index (χ2n) is 8.49. The Labute approximate surface area is 206 Å². The van der Waals surface area contributed by atoms with E-state index in [9.17, 15) is 4.79 Å². The van der Waals surface area contributed by atoms with E-state index in [0.717, 1.165) is 35.5 Å². The second-order valence-corrected chi connectivity index (χ2v) is 8.49. The molecular weight excluding hydrogens is 445 g/mol. The van der Waals surface area contributed by atoms with Crippen molar-refractivity contribution in [3.63, 3.8) is 0 Å². The first-order valence-electron chi connectivity index (χ1n) is 11.7. The molecule has 1 amide bonds. The maximum atomic E-state index is 12.7. The number of hydrogen-bond acceptors (Lipinski definition) is 9. The van der Waals surface area contributed by atoms with Crippen LogP contribution in [-0.4, -0.2) is 81.2 Å². The average Bonchev–Trinajstić information content (AvgIpc) is 2.88. The van der Waals surface area contributed by atoms with E-state index >= 15 is 0 Å². The van der Waals surface area contributed by atoms with Gasteiger partial charge in [0, 0.05) is 55.6 Å². The second kappa shape index (κ2) is 12.2. The molecule has 0 spiro atoms. The maximum Gasteiger partial charge on any atom is 0.286 e. The van der Waals surface area contributed by atoms with Crippen LogP contribution in [-0.2, 0) is 20.8 Å². The van der Waals surface area contributed by atoms with E-state index in [1.165, 1.54) is 0 Å². The number of carbonyl (C=O) groups excluding carboxylic acids is 1. The minimum atomic E-state index is -0.287. The topological polar surface area (TPSA) is 124 Å². The first-order valence-corrected chi connectivity index (χ1v) is 11.7. The molecule has 2 radical (unpaired) electrons. The number of amides is 1. The van der Waals surface area contributed by atoms with Crippen LogP contribution in [0, 0.1) is 17.4 Å². The summed E-state index contributed by atoms with van der Waals surface area (Å²) in [6.07, 6.45) is 10.4. The van der Waals surface area contributed by atoms with E-state index in [1.807, 2.05) is 23.2 Å². The number of pyridine rings is 1. The van der Waals surface area contributed by atoms with Crippen molar-refractivity contribution in [2.75, 3.05) is 39.5 Å². The summed E-state index contributed by atoms with van der Waals surface area (Å²) < 4.78 is 9.93. The van der Waals surface area contributed by atoms with Crippen LogP contribution in [0.15, 0.2) is 57.5 Å². The highest BCUT2D eigenvalue weighted by Crippen LogP contribution is 2.23. The quantitative estimate of drug-likeness (QED) is 0.307. The molecule has 1 saturated heterocycles. The molecule has 3 aliphatic heterocycles. The Morgan fingerprint density at radius 1 is 1.40 bits per heavy atom. The number of rotatable bonds is 9. The Morgan fingerprint density at radius 2 is 2.31 bits per heavy atom. The number of carbonyl (C=O) groups is 1. The minimum absolute atomic E-state index is 0.0358. The molecule has 3 aliphatic rings. The fourth-order valence-corrected chi connectivity index (χ4v) is 4.21. The van der Waals surface area contributed by atoms with Crippen LogP contribution in [0.1, 0.15) is 18.4 Å². The van der Waals surface area contributed by atoms with Crippen LogP contribution >= 0.6 is 0 Å². The smallest absolute Gasteiger partial charge is 0.286 e. The lowest BCUT2D eigenvalue weighted by Gasteiger charge is -2.34. The number of nitrogens with zero attached hydrogens (tertiary/aromatic N) is 5. The minimum Gasteiger partial charge on any atom is -0.425 e. The van der Waals surface area contributed by atoms with Crippen LogP contribution in [0.25, 0.3) is 0 Å². The average molecular weight is 473 g/mol. The Balaban J connectivity index is 1.46. The number of aromatic nitrogens is 1. The molecule has 1 aromatic rings. The number of aliphatic imine (C=N–C) groups is 2. The van der Waals surface area contributed by atoms with Crippen molar-refractivity contribution in [1.82, 2.24) is 20.5 Å². The van der Waals surface area contributed by atoms with Crippen molar-refractivity contribution in [1.29, 1.82) is 5.26 Å². The normalized spacial score (nSPS) is 21.6. The van der Waals surface area contributed by atoms with Gasteiger partial charge in [0.1, 0.15) is 21.1 Å². The summed E-state index contributed by atoms with van der Waals surface area (Å²) in [6.45, 7) is 2.58. The molecule has 2 bridgehead atoms. The molecule has 1 fully saturated rings. The molecule has 2 N–H and O–H groups in total. The molecule has 2 atom stereocenters. The van der Waals surface area contributed by atoms with Gasteiger partial charge in [0.25, 0.3) is 6.26 Å². The van der Waals surface area contributed by atoms with E-state index < -0.39 is 0 Å². The van der Waals surface area contributed by atoms with Gasteiger partial charge in [-0.25, -0.2) is 0 Å². The molecule has 4 rings (SSSR count). The van der Waals surface area contributed by atoms with Gasteiger partial charge in [0.2, 0.25) is 5.91 Å². The van der Waals surface area contributed by atoms with Gasteiger partial charge in [0.05, 0.1) is 18.8 Å². The SMILES string of the molecule is [B]C1=C2CN=C(C3CCCN(C(=O)COCCOC#N)C3)C=C(NCc3cccnc3)C(N=C1)N2. The largest absolute Gasteiger partial charge is 0.425 e. The van der Waals surface area contributed by atoms with Crippen LogP contribution in [0.5, 0.6) is 0 Å². The van der Waals surface area contributed by atoms with Crippen molar-refractivity contribution in [2.45, 2.75) is 25.6 Å². The Kier molecular flexibility index (Phi) is 8.51. The third-order valence-electron chi connectivity index (χ3n) is 6.07. The maximum absolute atomic E-state index is 12.7. The van der Waals surface area contributed by atoms with Crippen molar-refractivity contribution < 1.29 is 14.3 Å². The Morgan fingerprint density at radius 3 is 3.14 bits per heavy atom. The van der Waals surface area contributed by atoms with Gasteiger partial charge >= 0.3 is 0 Å². The number of ether oxygens (including phenoxy) is 2. The zero-order valence-corrected chi connectivity index (χ0v) is 19.5. The fourth-order valence-electron chi connectivity index (χ4n) is 4.21. The van der Waals surface area contributed by atoms with Gasteiger partial charge in [0.15, 0.2) is 6.17 Å². The molecule has 0 saturated carbocycles. The highest BCUT2D eigenvalue weighted by atomic mass is 16.5. The van der Waals surface area contributed by atoms with Crippen molar-refractivity contribution >= 4 is 25.7 Å². The lowest BCUT2D eigenvalue weighted by Crippen LogP contribution is -2.45. The third-order valence-corrected chi connectivity index (χ3v) is 6.07. The zero-order chi connectivity index (χ0) is 24.5. The molecule has 180 valence electrons. The summed E-state index contributed by atoms with van der Waals surface area (Å²) in [5.41, 5.74) is 4.29. The van der Waals surface area contributed by atoms with Gasteiger partial charge < -0.3 is 25.0 Å².